The van der Waals surface area contributed by atoms with Crippen LogP contribution >= 0.6 is 0 Å². The fraction of sp³-hybridized carbons (Fsp3) is 0.0526. The Bertz CT molecular complexity index is 1020. The van der Waals surface area contributed by atoms with E-state index in [1.807, 2.05) is 6.07 Å². The molecule has 1 aliphatic rings. The number of hydrogen-bond donors (Lipinski definition) is 2. The molecule has 5 nitrogen and oxygen atoms in total. The van der Waals surface area contributed by atoms with Crippen molar-refractivity contribution in [1.29, 1.82) is 0 Å². The van der Waals surface area contributed by atoms with E-state index in [2.05, 4.69) is 0 Å². The first-order valence-electron chi connectivity index (χ1n) is 7.40. The van der Waals surface area contributed by atoms with E-state index in [0.717, 1.165) is 4.90 Å². The maximum Gasteiger partial charge on any atom is 0.264 e. The van der Waals surface area contributed by atoms with Gasteiger partial charge in [0.15, 0.2) is 0 Å². The first-order chi connectivity index (χ1) is 11.5. The summed E-state index contributed by atoms with van der Waals surface area (Å²) >= 11 is 0. The van der Waals surface area contributed by atoms with Crippen molar-refractivity contribution >= 4 is 22.6 Å². The van der Waals surface area contributed by atoms with E-state index in [0.29, 0.717) is 16.3 Å². The van der Waals surface area contributed by atoms with Gasteiger partial charge in [-0.25, -0.2) is 0 Å². The molecule has 5 heteroatoms. The van der Waals surface area contributed by atoms with Crippen LogP contribution in [-0.4, -0.2) is 34.0 Å². The lowest BCUT2D eigenvalue weighted by molar-refractivity contribution is 0.0649. The number of hydrogen-bond acceptors (Lipinski definition) is 4. The highest BCUT2D eigenvalue weighted by Crippen LogP contribution is 2.48. The SMILES string of the molecule is CN1C(=O)c2cccc3c(O)c(-c4ccccc4)c(O)c(c23)C1=O. The average Bonchev–Trinajstić information content (AvgIpc) is 2.60. The second-order valence-electron chi connectivity index (χ2n) is 5.71. The van der Waals surface area contributed by atoms with E-state index >= 15 is 0 Å². The molecule has 24 heavy (non-hydrogen) atoms. The molecule has 4 rings (SSSR count). The molecular weight excluding hydrogens is 306 g/mol. The summed E-state index contributed by atoms with van der Waals surface area (Å²) < 4.78 is 0. The zero-order chi connectivity index (χ0) is 17.0. The first-order valence-corrected chi connectivity index (χ1v) is 7.40. The van der Waals surface area contributed by atoms with Crippen LogP contribution in [0.25, 0.3) is 21.9 Å². The van der Waals surface area contributed by atoms with Gasteiger partial charge in [-0.15, -0.1) is 0 Å². The van der Waals surface area contributed by atoms with Crippen LogP contribution in [-0.2, 0) is 0 Å². The summed E-state index contributed by atoms with van der Waals surface area (Å²) in [5.41, 5.74) is 1.10. The molecule has 2 N–H and O–H groups in total. The van der Waals surface area contributed by atoms with Crippen LogP contribution in [0.4, 0.5) is 0 Å². The molecule has 3 aromatic carbocycles. The molecule has 0 aromatic heterocycles. The second-order valence-corrected chi connectivity index (χ2v) is 5.71. The van der Waals surface area contributed by atoms with Gasteiger partial charge in [0.2, 0.25) is 0 Å². The molecule has 0 bridgehead atoms. The molecule has 1 heterocycles. The zero-order valence-corrected chi connectivity index (χ0v) is 12.8. The largest absolute Gasteiger partial charge is 0.507 e. The third-order valence-electron chi connectivity index (χ3n) is 4.40. The van der Waals surface area contributed by atoms with Gasteiger partial charge in [-0.3, -0.25) is 14.5 Å². The number of phenols is 2. The fourth-order valence-electron chi connectivity index (χ4n) is 3.21. The normalized spacial score (nSPS) is 13.6. The van der Waals surface area contributed by atoms with Crippen LogP contribution in [0.3, 0.4) is 0 Å². The quantitative estimate of drug-likeness (QED) is 0.676. The molecule has 0 atom stereocenters. The molecule has 118 valence electrons. The van der Waals surface area contributed by atoms with Gasteiger partial charge in [-0.2, -0.15) is 0 Å². The number of phenolic OH excluding ortho intramolecular Hbond substituents is 2. The van der Waals surface area contributed by atoms with Crippen molar-refractivity contribution in [1.82, 2.24) is 4.90 Å². The molecule has 0 aliphatic carbocycles. The monoisotopic (exact) mass is 319 g/mol. The predicted octanol–water partition coefficient (Wildman–Crippen LogP) is 3.14. The van der Waals surface area contributed by atoms with Crippen LogP contribution in [0.15, 0.2) is 48.5 Å². The number of amides is 2. The molecule has 0 saturated carbocycles. The standard InChI is InChI=1S/C19H13NO4/c1-20-18(23)12-9-5-8-11-14(12)15(19(20)24)17(22)13(16(11)21)10-6-3-2-4-7-10/h2-9,21-22H,1H3. The van der Waals surface area contributed by atoms with Gasteiger partial charge in [0.05, 0.1) is 11.1 Å². The highest BCUT2D eigenvalue weighted by Gasteiger charge is 2.35. The van der Waals surface area contributed by atoms with E-state index in [1.165, 1.54) is 7.05 Å². The number of carbonyl (C=O) groups excluding carboxylic acids is 2. The highest BCUT2D eigenvalue weighted by molar-refractivity contribution is 6.28. The summed E-state index contributed by atoms with van der Waals surface area (Å²) in [6.07, 6.45) is 0. The Hall–Kier alpha value is -3.34. The van der Waals surface area contributed by atoms with Crippen molar-refractivity contribution in [3.63, 3.8) is 0 Å². The van der Waals surface area contributed by atoms with E-state index in [-0.39, 0.29) is 28.2 Å². The van der Waals surface area contributed by atoms with Gasteiger partial charge in [-0.1, -0.05) is 42.5 Å². The molecule has 0 fully saturated rings. The minimum atomic E-state index is -0.585. The summed E-state index contributed by atoms with van der Waals surface area (Å²) in [6, 6.07) is 13.7. The Kier molecular flexibility index (Phi) is 2.87. The molecular formula is C19H13NO4. The maximum atomic E-state index is 12.6. The van der Waals surface area contributed by atoms with E-state index < -0.39 is 11.8 Å². The third kappa shape index (κ3) is 1.69. The Labute approximate surface area is 137 Å². The fourth-order valence-corrected chi connectivity index (χ4v) is 3.21. The highest BCUT2D eigenvalue weighted by atomic mass is 16.3. The van der Waals surface area contributed by atoms with Crippen LogP contribution in [0, 0.1) is 0 Å². The summed E-state index contributed by atoms with van der Waals surface area (Å²) in [5, 5.41) is 22.1. The molecule has 3 aromatic rings. The van der Waals surface area contributed by atoms with Crippen LogP contribution in [0.5, 0.6) is 11.5 Å². The van der Waals surface area contributed by atoms with Crippen molar-refractivity contribution in [3.8, 4) is 22.6 Å². The van der Waals surface area contributed by atoms with Crippen molar-refractivity contribution in [2.75, 3.05) is 7.05 Å². The van der Waals surface area contributed by atoms with E-state index in [4.69, 9.17) is 0 Å². The maximum absolute atomic E-state index is 12.6. The minimum Gasteiger partial charge on any atom is -0.507 e. The van der Waals surface area contributed by atoms with Crippen molar-refractivity contribution in [3.05, 3.63) is 59.7 Å². The van der Waals surface area contributed by atoms with E-state index in [1.54, 1.807) is 42.5 Å². The number of rotatable bonds is 1. The number of benzene rings is 3. The lowest BCUT2D eigenvalue weighted by atomic mass is 9.88. The third-order valence-corrected chi connectivity index (χ3v) is 4.40. The van der Waals surface area contributed by atoms with Gasteiger partial charge in [0.25, 0.3) is 11.8 Å². The Balaban J connectivity index is 2.22. The van der Waals surface area contributed by atoms with Gasteiger partial charge >= 0.3 is 0 Å². The molecule has 0 unspecified atom stereocenters. The van der Waals surface area contributed by atoms with Crippen molar-refractivity contribution < 1.29 is 19.8 Å². The van der Waals surface area contributed by atoms with Gasteiger partial charge in [-0.05, 0) is 11.6 Å². The van der Waals surface area contributed by atoms with Gasteiger partial charge in [0.1, 0.15) is 11.5 Å². The van der Waals surface area contributed by atoms with Crippen molar-refractivity contribution in [2.24, 2.45) is 0 Å². The number of imide groups is 1. The first kappa shape index (κ1) is 14.3. The summed E-state index contributed by atoms with van der Waals surface area (Å²) in [4.78, 5) is 25.9. The lowest BCUT2D eigenvalue weighted by Crippen LogP contribution is -2.37. The molecule has 1 aliphatic heterocycles. The second kappa shape index (κ2) is 4.83. The van der Waals surface area contributed by atoms with E-state index in [9.17, 15) is 19.8 Å². The number of carbonyl (C=O) groups is 2. The zero-order valence-electron chi connectivity index (χ0n) is 12.8. The number of nitrogens with zero attached hydrogens (tertiary/aromatic N) is 1. The molecule has 0 radical (unpaired) electrons. The Morgan fingerprint density at radius 3 is 2.21 bits per heavy atom. The topological polar surface area (TPSA) is 77.8 Å². The summed E-state index contributed by atoms with van der Waals surface area (Å²) in [7, 11) is 1.38. The Morgan fingerprint density at radius 1 is 0.792 bits per heavy atom. The summed E-state index contributed by atoms with van der Waals surface area (Å²) in [6.45, 7) is 0. The van der Waals surface area contributed by atoms with Gasteiger partial charge < -0.3 is 10.2 Å². The average molecular weight is 319 g/mol. The summed E-state index contributed by atoms with van der Waals surface area (Å²) in [5.74, 6) is -1.50. The minimum absolute atomic E-state index is 0.0411. The van der Waals surface area contributed by atoms with Crippen LogP contribution in [0.2, 0.25) is 0 Å². The molecule has 2 amide bonds. The van der Waals surface area contributed by atoms with Crippen LogP contribution in [0.1, 0.15) is 20.7 Å². The number of aromatic hydroxyl groups is 2. The van der Waals surface area contributed by atoms with Gasteiger partial charge in [0, 0.05) is 23.4 Å². The smallest absolute Gasteiger partial charge is 0.264 e. The molecule has 0 spiro atoms. The van der Waals surface area contributed by atoms with Crippen LogP contribution < -0.4 is 0 Å². The lowest BCUT2D eigenvalue weighted by Gasteiger charge is -2.26. The predicted molar refractivity (Wildman–Crippen MR) is 89.1 cm³/mol. The molecule has 0 saturated heterocycles. The Morgan fingerprint density at radius 2 is 1.50 bits per heavy atom. The van der Waals surface area contributed by atoms with Crippen molar-refractivity contribution in [2.45, 2.75) is 0 Å².